The van der Waals surface area contributed by atoms with E-state index in [4.69, 9.17) is 9.15 Å². The van der Waals surface area contributed by atoms with Crippen LogP contribution in [0.5, 0.6) is 5.75 Å². The SMILES string of the molecule is COc1coc(C(=O)N2CCCC[C@@H]2CCc2cccs2)cc1=O. The minimum Gasteiger partial charge on any atom is -0.490 e. The number of thiophene rings is 1. The van der Waals surface area contributed by atoms with E-state index in [1.807, 2.05) is 4.90 Å². The minimum atomic E-state index is -0.334. The molecule has 0 aliphatic carbocycles. The number of hydrogen-bond acceptors (Lipinski definition) is 5. The van der Waals surface area contributed by atoms with Crippen molar-refractivity contribution in [2.24, 2.45) is 0 Å². The Bertz CT molecular complexity index is 738. The van der Waals surface area contributed by atoms with Crippen molar-refractivity contribution in [2.45, 2.75) is 38.1 Å². The average molecular weight is 347 g/mol. The smallest absolute Gasteiger partial charge is 0.289 e. The Morgan fingerprint density at radius 3 is 3.04 bits per heavy atom. The summed E-state index contributed by atoms with van der Waals surface area (Å²) in [5.74, 6) is -0.00565. The number of rotatable bonds is 5. The van der Waals surface area contributed by atoms with Gasteiger partial charge in [0.1, 0.15) is 6.26 Å². The van der Waals surface area contributed by atoms with Gasteiger partial charge in [-0.15, -0.1) is 11.3 Å². The minimum absolute atomic E-state index is 0.0869. The molecule has 24 heavy (non-hydrogen) atoms. The van der Waals surface area contributed by atoms with Crippen LogP contribution in [0.2, 0.25) is 0 Å². The first kappa shape index (κ1) is 16.8. The Balaban J connectivity index is 1.73. The van der Waals surface area contributed by atoms with Gasteiger partial charge in [0, 0.05) is 23.5 Å². The lowest BCUT2D eigenvalue weighted by molar-refractivity contribution is 0.0566. The Morgan fingerprint density at radius 1 is 1.46 bits per heavy atom. The molecule has 2 aromatic rings. The van der Waals surface area contributed by atoms with E-state index in [9.17, 15) is 9.59 Å². The lowest BCUT2D eigenvalue weighted by Crippen LogP contribution is -2.44. The van der Waals surface area contributed by atoms with Crippen LogP contribution in [0.15, 0.2) is 39.1 Å². The summed E-state index contributed by atoms with van der Waals surface area (Å²) < 4.78 is 10.2. The fraction of sp³-hybridized carbons (Fsp3) is 0.444. The maximum Gasteiger partial charge on any atom is 0.289 e. The third-order valence-electron chi connectivity index (χ3n) is 4.42. The van der Waals surface area contributed by atoms with Crippen molar-refractivity contribution in [3.63, 3.8) is 0 Å². The Kier molecular flexibility index (Phi) is 5.35. The number of hydrogen-bond donors (Lipinski definition) is 0. The number of methoxy groups -OCH3 is 1. The fourth-order valence-corrected chi connectivity index (χ4v) is 3.86. The molecule has 1 atom stereocenters. The normalized spacial score (nSPS) is 17.7. The fourth-order valence-electron chi connectivity index (χ4n) is 3.13. The molecule has 128 valence electrons. The van der Waals surface area contributed by atoms with Crippen molar-refractivity contribution < 1.29 is 13.9 Å². The van der Waals surface area contributed by atoms with Gasteiger partial charge in [-0.1, -0.05) is 6.07 Å². The van der Waals surface area contributed by atoms with Gasteiger partial charge in [0.15, 0.2) is 5.76 Å². The van der Waals surface area contributed by atoms with Gasteiger partial charge in [-0.3, -0.25) is 9.59 Å². The zero-order valence-corrected chi connectivity index (χ0v) is 14.5. The standard InChI is InChI=1S/C18H21NO4S/c1-22-17-12-23-16(11-15(17)20)18(21)19-9-3-2-5-13(19)7-8-14-6-4-10-24-14/h4,6,10-13H,2-3,5,7-9H2,1H3/t13-/m1/s1. The number of piperidine rings is 1. The van der Waals surface area contributed by atoms with Crippen molar-refractivity contribution in [3.05, 3.63) is 50.7 Å². The van der Waals surface area contributed by atoms with Gasteiger partial charge in [0.25, 0.3) is 5.91 Å². The molecule has 0 radical (unpaired) electrons. The summed E-state index contributed by atoms with van der Waals surface area (Å²) in [6.45, 7) is 0.712. The summed E-state index contributed by atoms with van der Waals surface area (Å²) in [7, 11) is 1.40. The van der Waals surface area contributed by atoms with E-state index in [0.717, 1.165) is 32.1 Å². The molecule has 0 saturated carbocycles. The third-order valence-corrected chi connectivity index (χ3v) is 5.36. The Hall–Kier alpha value is -2.08. The number of amides is 1. The number of ether oxygens (including phenoxy) is 1. The monoisotopic (exact) mass is 347 g/mol. The molecule has 0 bridgehead atoms. The van der Waals surface area contributed by atoms with Crippen molar-refractivity contribution >= 4 is 17.2 Å². The number of aryl methyl sites for hydroxylation is 1. The molecule has 1 saturated heterocycles. The van der Waals surface area contributed by atoms with E-state index >= 15 is 0 Å². The summed E-state index contributed by atoms with van der Waals surface area (Å²) in [4.78, 5) is 27.8. The number of carbonyl (C=O) groups excluding carboxylic acids is 1. The van der Waals surface area contributed by atoms with Crippen molar-refractivity contribution in [3.8, 4) is 5.75 Å². The summed E-state index contributed by atoms with van der Waals surface area (Å²) in [5.41, 5.74) is -0.334. The van der Waals surface area contributed by atoms with Gasteiger partial charge in [-0.05, 0) is 43.6 Å². The first-order chi connectivity index (χ1) is 11.7. The van der Waals surface area contributed by atoms with Crippen LogP contribution in [0.25, 0.3) is 0 Å². The summed E-state index contributed by atoms with van der Waals surface area (Å²) in [6, 6.07) is 5.60. The molecular weight excluding hydrogens is 326 g/mol. The topological polar surface area (TPSA) is 59.8 Å². The Labute approximate surface area is 144 Å². The molecule has 1 amide bonds. The molecule has 0 spiro atoms. The third kappa shape index (κ3) is 3.70. The molecule has 5 nitrogen and oxygen atoms in total. The second-order valence-corrected chi connectivity index (χ2v) is 6.98. The second kappa shape index (κ2) is 7.66. The molecule has 1 aliphatic rings. The molecule has 3 heterocycles. The maximum absolute atomic E-state index is 12.8. The zero-order chi connectivity index (χ0) is 16.9. The van der Waals surface area contributed by atoms with Crippen LogP contribution < -0.4 is 10.2 Å². The van der Waals surface area contributed by atoms with Crippen LogP contribution in [-0.2, 0) is 6.42 Å². The Morgan fingerprint density at radius 2 is 2.33 bits per heavy atom. The average Bonchev–Trinajstić information content (AvgIpc) is 3.13. The molecule has 2 aromatic heterocycles. The largest absolute Gasteiger partial charge is 0.490 e. The predicted octanol–water partition coefficient (Wildman–Crippen LogP) is 3.34. The van der Waals surface area contributed by atoms with Crippen LogP contribution in [0.3, 0.4) is 0 Å². The van der Waals surface area contributed by atoms with E-state index < -0.39 is 0 Å². The van der Waals surface area contributed by atoms with Crippen LogP contribution in [-0.4, -0.2) is 30.5 Å². The maximum atomic E-state index is 12.8. The highest BCUT2D eigenvalue weighted by molar-refractivity contribution is 7.09. The molecule has 6 heteroatoms. The summed E-state index contributed by atoms with van der Waals surface area (Å²) >= 11 is 1.75. The number of carbonyl (C=O) groups is 1. The zero-order valence-electron chi connectivity index (χ0n) is 13.7. The van der Waals surface area contributed by atoms with Gasteiger partial charge in [0.2, 0.25) is 11.2 Å². The molecule has 0 aromatic carbocycles. The lowest BCUT2D eigenvalue weighted by atomic mass is 9.97. The molecule has 1 fully saturated rings. The van der Waals surface area contributed by atoms with Crippen molar-refractivity contribution in [2.75, 3.05) is 13.7 Å². The lowest BCUT2D eigenvalue weighted by Gasteiger charge is -2.35. The highest BCUT2D eigenvalue weighted by Gasteiger charge is 2.29. The van der Waals surface area contributed by atoms with Crippen molar-refractivity contribution in [1.29, 1.82) is 0 Å². The predicted molar refractivity (Wildman–Crippen MR) is 92.8 cm³/mol. The quantitative estimate of drug-likeness (QED) is 0.832. The number of nitrogens with zero attached hydrogens (tertiary/aromatic N) is 1. The first-order valence-electron chi connectivity index (χ1n) is 8.19. The van der Waals surface area contributed by atoms with E-state index in [1.54, 1.807) is 11.3 Å². The molecular formula is C18H21NO4S. The first-order valence-corrected chi connectivity index (χ1v) is 9.07. The molecule has 0 unspecified atom stereocenters. The van der Waals surface area contributed by atoms with Gasteiger partial charge in [0.05, 0.1) is 7.11 Å². The van der Waals surface area contributed by atoms with Crippen molar-refractivity contribution in [1.82, 2.24) is 4.90 Å². The molecule has 3 rings (SSSR count). The van der Waals surface area contributed by atoms with Crippen LogP contribution in [0.1, 0.15) is 41.1 Å². The number of likely N-dealkylation sites (tertiary alicyclic amines) is 1. The summed E-state index contributed by atoms with van der Waals surface area (Å²) in [5, 5.41) is 2.07. The molecule has 1 aliphatic heterocycles. The van der Waals surface area contributed by atoms with Gasteiger partial charge >= 0.3 is 0 Å². The highest BCUT2D eigenvalue weighted by Crippen LogP contribution is 2.24. The summed E-state index contributed by atoms with van der Waals surface area (Å²) in [6.07, 6.45) is 6.23. The second-order valence-electron chi connectivity index (χ2n) is 5.94. The van der Waals surface area contributed by atoms with Gasteiger partial charge < -0.3 is 14.1 Å². The van der Waals surface area contributed by atoms with E-state index in [-0.39, 0.29) is 28.9 Å². The van der Waals surface area contributed by atoms with Crippen LogP contribution >= 0.6 is 11.3 Å². The van der Waals surface area contributed by atoms with Gasteiger partial charge in [-0.25, -0.2) is 0 Å². The van der Waals surface area contributed by atoms with E-state index in [2.05, 4.69) is 17.5 Å². The molecule has 0 N–H and O–H groups in total. The highest BCUT2D eigenvalue weighted by atomic mass is 32.1. The van der Waals surface area contributed by atoms with Crippen LogP contribution in [0.4, 0.5) is 0 Å². The van der Waals surface area contributed by atoms with E-state index in [0.29, 0.717) is 6.54 Å². The van der Waals surface area contributed by atoms with E-state index in [1.165, 1.54) is 24.3 Å². The van der Waals surface area contributed by atoms with Crippen LogP contribution in [0, 0.1) is 0 Å². The van der Waals surface area contributed by atoms with Gasteiger partial charge in [-0.2, -0.15) is 0 Å².